The molecule has 5 heteroatoms. The molecule has 0 fully saturated rings. The quantitative estimate of drug-likeness (QED) is 0.726. The largest absolute Gasteiger partial charge is 0.492 e. The number of carbonyl (C=O) groups excluding carboxylic acids is 2. The van der Waals surface area contributed by atoms with Crippen molar-refractivity contribution in [1.82, 2.24) is 10.6 Å². The van der Waals surface area contributed by atoms with E-state index in [0.717, 1.165) is 23.3 Å². The molecule has 0 atom stereocenters. The Bertz CT molecular complexity index is 711. The summed E-state index contributed by atoms with van der Waals surface area (Å²) in [7, 11) is 0. The lowest BCUT2D eigenvalue weighted by Gasteiger charge is -2.09. The summed E-state index contributed by atoms with van der Waals surface area (Å²) in [5.41, 5.74) is 2.83. The van der Waals surface area contributed by atoms with Gasteiger partial charge in [0.15, 0.2) is 0 Å². The van der Waals surface area contributed by atoms with Crippen LogP contribution in [0.4, 0.5) is 0 Å². The third-order valence-electron chi connectivity index (χ3n) is 3.65. The van der Waals surface area contributed by atoms with Gasteiger partial charge in [0.25, 0.3) is 5.91 Å². The Balaban J connectivity index is 1.72. The molecular formula is C20H24N2O3. The molecule has 2 amide bonds. The maximum atomic E-state index is 12.1. The minimum atomic E-state index is -0.124. The average molecular weight is 340 g/mol. The molecule has 2 aromatic carbocycles. The maximum Gasteiger partial charge on any atom is 0.251 e. The van der Waals surface area contributed by atoms with Crippen LogP contribution in [0, 0.1) is 6.92 Å². The van der Waals surface area contributed by atoms with Crippen molar-refractivity contribution >= 4 is 11.8 Å². The van der Waals surface area contributed by atoms with Gasteiger partial charge in [-0.05, 0) is 48.7 Å². The molecule has 0 aromatic heterocycles. The normalized spacial score (nSPS) is 10.2. The standard InChI is InChI=1S/C20H24N2O3/c1-15-4-3-5-19(14-15)25-13-12-22-20(24)18-8-6-17(7-9-18)10-11-21-16(2)23/h3-9,14H,10-13H2,1-2H3,(H,21,23)(H,22,24). The molecule has 0 bridgehead atoms. The van der Waals surface area contributed by atoms with E-state index in [1.165, 1.54) is 6.92 Å². The summed E-state index contributed by atoms with van der Waals surface area (Å²) < 4.78 is 5.61. The number of carbonyl (C=O) groups is 2. The minimum Gasteiger partial charge on any atom is -0.492 e. The molecule has 0 saturated heterocycles. The molecule has 2 rings (SSSR count). The molecule has 0 heterocycles. The van der Waals surface area contributed by atoms with Gasteiger partial charge >= 0.3 is 0 Å². The number of hydrogen-bond acceptors (Lipinski definition) is 3. The molecule has 2 N–H and O–H groups in total. The van der Waals surface area contributed by atoms with Gasteiger partial charge < -0.3 is 15.4 Å². The van der Waals surface area contributed by atoms with Crippen LogP contribution in [-0.2, 0) is 11.2 Å². The minimum absolute atomic E-state index is 0.0381. The Morgan fingerprint density at radius 2 is 1.76 bits per heavy atom. The molecule has 0 spiro atoms. The van der Waals surface area contributed by atoms with E-state index < -0.39 is 0 Å². The molecule has 0 radical (unpaired) electrons. The molecule has 25 heavy (non-hydrogen) atoms. The second-order valence-electron chi connectivity index (χ2n) is 5.85. The summed E-state index contributed by atoms with van der Waals surface area (Å²) in [6, 6.07) is 15.2. The highest BCUT2D eigenvalue weighted by Gasteiger charge is 2.05. The van der Waals surface area contributed by atoms with Crippen LogP contribution in [-0.4, -0.2) is 31.5 Å². The summed E-state index contributed by atoms with van der Waals surface area (Å²) in [6.07, 6.45) is 0.742. The Kier molecular flexibility index (Phi) is 7.01. The highest BCUT2D eigenvalue weighted by atomic mass is 16.5. The first-order valence-electron chi connectivity index (χ1n) is 8.35. The molecule has 2 aromatic rings. The van der Waals surface area contributed by atoms with Gasteiger partial charge in [-0.1, -0.05) is 24.3 Å². The van der Waals surface area contributed by atoms with Crippen molar-refractivity contribution in [2.24, 2.45) is 0 Å². The zero-order chi connectivity index (χ0) is 18.1. The van der Waals surface area contributed by atoms with Crippen molar-refractivity contribution < 1.29 is 14.3 Å². The van der Waals surface area contributed by atoms with Crippen LogP contribution in [0.1, 0.15) is 28.4 Å². The number of aryl methyl sites for hydroxylation is 1. The second-order valence-corrected chi connectivity index (χ2v) is 5.85. The molecule has 0 aliphatic rings. The van der Waals surface area contributed by atoms with Crippen LogP contribution in [0.3, 0.4) is 0 Å². The third-order valence-corrected chi connectivity index (χ3v) is 3.65. The van der Waals surface area contributed by atoms with Gasteiger partial charge in [-0.2, -0.15) is 0 Å². The van der Waals surface area contributed by atoms with Gasteiger partial charge in [-0.15, -0.1) is 0 Å². The zero-order valence-electron chi connectivity index (χ0n) is 14.7. The van der Waals surface area contributed by atoms with Gasteiger partial charge in [-0.3, -0.25) is 9.59 Å². The van der Waals surface area contributed by atoms with E-state index in [1.54, 1.807) is 12.1 Å². The molecular weight excluding hydrogens is 316 g/mol. The first kappa shape index (κ1) is 18.5. The Hall–Kier alpha value is -2.82. The third kappa shape index (κ3) is 6.67. The van der Waals surface area contributed by atoms with Crippen molar-refractivity contribution in [3.8, 4) is 5.75 Å². The van der Waals surface area contributed by atoms with E-state index in [9.17, 15) is 9.59 Å². The van der Waals surface area contributed by atoms with Gasteiger partial charge in [0.2, 0.25) is 5.91 Å². The van der Waals surface area contributed by atoms with Crippen LogP contribution >= 0.6 is 0 Å². The lowest BCUT2D eigenvalue weighted by molar-refractivity contribution is -0.118. The van der Waals surface area contributed by atoms with Crippen LogP contribution in [0.5, 0.6) is 5.75 Å². The summed E-state index contributed by atoms with van der Waals surface area (Å²) in [4.78, 5) is 22.9. The van der Waals surface area contributed by atoms with Crippen LogP contribution in [0.15, 0.2) is 48.5 Å². The van der Waals surface area contributed by atoms with E-state index >= 15 is 0 Å². The highest BCUT2D eigenvalue weighted by molar-refractivity contribution is 5.94. The molecule has 132 valence electrons. The fourth-order valence-electron chi connectivity index (χ4n) is 2.35. The number of benzene rings is 2. The summed E-state index contributed by atoms with van der Waals surface area (Å²) in [5, 5.41) is 5.59. The van der Waals surface area contributed by atoms with Crippen molar-refractivity contribution in [3.05, 3.63) is 65.2 Å². The van der Waals surface area contributed by atoms with E-state index in [2.05, 4.69) is 10.6 Å². The summed E-state index contributed by atoms with van der Waals surface area (Å²) in [6.45, 7) is 4.96. The zero-order valence-corrected chi connectivity index (χ0v) is 14.7. The van der Waals surface area contributed by atoms with Crippen molar-refractivity contribution in [2.75, 3.05) is 19.7 Å². The molecule has 0 aliphatic carbocycles. The predicted molar refractivity (Wildman–Crippen MR) is 97.8 cm³/mol. The number of nitrogens with one attached hydrogen (secondary N) is 2. The summed E-state index contributed by atoms with van der Waals surface area (Å²) >= 11 is 0. The number of amides is 2. The van der Waals surface area contributed by atoms with E-state index in [1.807, 2.05) is 43.3 Å². The molecule has 0 saturated carbocycles. The molecule has 0 aliphatic heterocycles. The maximum absolute atomic E-state index is 12.1. The van der Waals surface area contributed by atoms with Crippen LogP contribution < -0.4 is 15.4 Å². The Labute approximate surface area is 148 Å². The SMILES string of the molecule is CC(=O)NCCc1ccc(C(=O)NCCOc2cccc(C)c2)cc1. The number of hydrogen-bond donors (Lipinski definition) is 2. The van der Waals surface area contributed by atoms with Crippen LogP contribution in [0.25, 0.3) is 0 Å². The smallest absolute Gasteiger partial charge is 0.251 e. The van der Waals surface area contributed by atoms with Gasteiger partial charge in [-0.25, -0.2) is 0 Å². The topological polar surface area (TPSA) is 67.4 Å². The van der Waals surface area contributed by atoms with Gasteiger partial charge in [0.05, 0.1) is 6.54 Å². The first-order chi connectivity index (χ1) is 12.0. The lowest BCUT2D eigenvalue weighted by Crippen LogP contribution is -2.28. The fraction of sp³-hybridized carbons (Fsp3) is 0.300. The predicted octanol–water partition coefficient (Wildman–Crippen LogP) is 2.48. The Morgan fingerprint density at radius 1 is 1.00 bits per heavy atom. The summed E-state index contributed by atoms with van der Waals surface area (Å²) in [5.74, 6) is 0.642. The number of ether oxygens (including phenoxy) is 1. The number of rotatable bonds is 8. The van der Waals surface area contributed by atoms with Gasteiger partial charge in [0, 0.05) is 19.0 Å². The highest BCUT2D eigenvalue weighted by Crippen LogP contribution is 2.11. The van der Waals surface area contributed by atoms with Gasteiger partial charge in [0.1, 0.15) is 12.4 Å². The van der Waals surface area contributed by atoms with Crippen molar-refractivity contribution in [1.29, 1.82) is 0 Å². The lowest BCUT2D eigenvalue weighted by atomic mass is 10.1. The average Bonchev–Trinajstić information content (AvgIpc) is 2.59. The van der Waals surface area contributed by atoms with Crippen LogP contribution in [0.2, 0.25) is 0 Å². The Morgan fingerprint density at radius 3 is 2.44 bits per heavy atom. The van der Waals surface area contributed by atoms with E-state index in [0.29, 0.717) is 25.3 Å². The fourth-order valence-corrected chi connectivity index (χ4v) is 2.35. The van der Waals surface area contributed by atoms with E-state index in [4.69, 9.17) is 4.74 Å². The molecule has 5 nitrogen and oxygen atoms in total. The monoisotopic (exact) mass is 340 g/mol. The van der Waals surface area contributed by atoms with Crippen molar-refractivity contribution in [2.45, 2.75) is 20.3 Å². The second kappa shape index (κ2) is 9.47. The molecule has 0 unspecified atom stereocenters. The van der Waals surface area contributed by atoms with Crippen molar-refractivity contribution in [3.63, 3.8) is 0 Å². The first-order valence-corrected chi connectivity index (χ1v) is 8.35. The van der Waals surface area contributed by atoms with E-state index in [-0.39, 0.29) is 11.8 Å².